The maximum Gasteiger partial charge on any atom is 0.147 e. The zero-order chi connectivity index (χ0) is 11.5. The topological polar surface area (TPSA) is 41.9 Å². The van der Waals surface area contributed by atoms with Crippen LogP contribution in [0.5, 0.6) is 0 Å². The van der Waals surface area contributed by atoms with Crippen LogP contribution in [0.25, 0.3) is 0 Å². The number of hydrogen-bond acceptors (Lipinski definition) is 4. The van der Waals surface area contributed by atoms with Crippen LogP contribution in [0, 0.1) is 0 Å². The molecule has 4 heteroatoms. The highest BCUT2D eigenvalue weighted by molar-refractivity contribution is 5.40. The number of aromatic nitrogens is 3. The van der Waals surface area contributed by atoms with Crippen molar-refractivity contribution in [3.8, 4) is 0 Å². The third-order valence-corrected chi connectivity index (χ3v) is 3.13. The molecule has 0 N–H and O–H groups in total. The van der Waals surface area contributed by atoms with Gasteiger partial charge in [-0.15, -0.1) is 0 Å². The lowest BCUT2D eigenvalue weighted by atomic mass is 10.1. The molecule has 3 heterocycles. The maximum atomic E-state index is 4.45. The van der Waals surface area contributed by atoms with Crippen molar-refractivity contribution in [2.75, 3.05) is 11.4 Å². The van der Waals surface area contributed by atoms with Crippen LogP contribution < -0.4 is 4.90 Å². The van der Waals surface area contributed by atoms with Gasteiger partial charge >= 0.3 is 0 Å². The summed E-state index contributed by atoms with van der Waals surface area (Å²) in [5.74, 6) is 0.945. The fourth-order valence-electron chi connectivity index (χ4n) is 2.36. The highest BCUT2D eigenvalue weighted by Gasteiger charge is 2.27. The Morgan fingerprint density at radius 3 is 2.88 bits per heavy atom. The Bertz CT molecular complexity index is 426. The lowest BCUT2D eigenvalue weighted by Gasteiger charge is -2.24. The predicted octanol–water partition coefficient (Wildman–Crippen LogP) is 2.21. The summed E-state index contributed by atoms with van der Waals surface area (Å²) in [5, 5.41) is 0. The number of hydrogen-bond donors (Lipinski definition) is 0. The summed E-state index contributed by atoms with van der Waals surface area (Å²) in [4.78, 5) is 15.2. The Labute approximate surface area is 100 Å². The Kier molecular flexibility index (Phi) is 2.69. The Hall–Kier alpha value is -1.97. The molecule has 2 aromatic heterocycles. The fourth-order valence-corrected chi connectivity index (χ4v) is 2.36. The van der Waals surface area contributed by atoms with Crippen LogP contribution in [-0.2, 0) is 0 Å². The van der Waals surface area contributed by atoms with Gasteiger partial charge in [0.1, 0.15) is 5.82 Å². The summed E-state index contributed by atoms with van der Waals surface area (Å²) in [7, 11) is 0. The van der Waals surface area contributed by atoms with Gasteiger partial charge < -0.3 is 4.90 Å². The van der Waals surface area contributed by atoms with E-state index in [9.17, 15) is 0 Å². The lowest BCUT2D eigenvalue weighted by Crippen LogP contribution is -2.24. The average molecular weight is 226 g/mol. The van der Waals surface area contributed by atoms with Gasteiger partial charge in [0.15, 0.2) is 0 Å². The van der Waals surface area contributed by atoms with E-state index >= 15 is 0 Å². The molecule has 2 aromatic rings. The van der Waals surface area contributed by atoms with E-state index in [-0.39, 0.29) is 0 Å². The first-order valence-electron chi connectivity index (χ1n) is 5.89. The molecule has 86 valence electrons. The number of nitrogens with zero attached hydrogens (tertiary/aromatic N) is 4. The molecular formula is C13H14N4. The zero-order valence-corrected chi connectivity index (χ0v) is 9.53. The first-order valence-corrected chi connectivity index (χ1v) is 5.89. The minimum atomic E-state index is 0.341. The Balaban J connectivity index is 1.91. The van der Waals surface area contributed by atoms with Crippen molar-refractivity contribution >= 4 is 5.82 Å². The summed E-state index contributed by atoms with van der Waals surface area (Å²) in [5.41, 5.74) is 1.12. The third kappa shape index (κ3) is 1.98. The van der Waals surface area contributed by atoms with Crippen LogP contribution in [-0.4, -0.2) is 21.5 Å². The lowest BCUT2D eigenvalue weighted by molar-refractivity contribution is 0.686. The van der Waals surface area contributed by atoms with E-state index in [1.54, 1.807) is 12.4 Å². The molecule has 0 bridgehead atoms. The molecule has 0 amide bonds. The van der Waals surface area contributed by atoms with E-state index in [0.717, 1.165) is 24.5 Å². The highest BCUT2D eigenvalue weighted by Crippen LogP contribution is 2.33. The van der Waals surface area contributed by atoms with Crippen molar-refractivity contribution in [1.29, 1.82) is 0 Å². The molecule has 17 heavy (non-hydrogen) atoms. The van der Waals surface area contributed by atoms with Gasteiger partial charge in [0.25, 0.3) is 0 Å². The number of pyridine rings is 1. The molecule has 1 unspecified atom stereocenters. The van der Waals surface area contributed by atoms with Crippen molar-refractivity contribution in [2.24, 2.45) is 0 Å². The normalized spacial score (nSPS) is 19.5. The van der Waals surface area contributed by atoms with Crippen LogP contribution in [0.4, 0.5) is 5.82 Å². The smallest absolute Gasteiger partial charge is 0.147 e. The molecule has 1 fully saturated rings. The largest absolute Gasteiger partial charge is 0.347 e. The minimum Gasteiger partial charge on any atom is -0.347 e. The summed E-state index contributed by atoms with van der Waals surface area (Å²) in [6.07, 6.45) is 9.42. The molecule has 3 rings (SSSR count). The van der Waals surface area contributed by atoms with Gasteiger partial charge in [-0.05, 0) is 25.0 Å². The second kappa shape index (κ2) is 4.49. The fraction of sp³-hybridized carbons (Fsp3) is 0.308. The first-order chi connectivity index (χ1) is 8.45. The van der Waals surface area contributed by atoms with Crippen molar-refractivity contribution < 1.29 is 0 Å². The second-order valence-corrected chi connectivity index (χ2v) is 4.17. The first kappa shape index (κ1) is 10.2. The molecular weight excluding hydrogens is 212 g/mol. The third-order valence-electron chi connectivity index (χ3n) is 3.13. The van der Waals surface area contributed by atoms with Gasteiger partial charge in [-0.2, -0.15) is 0 Å². The van der Waals surface area contributed by atoms with Crippen molar-refractivity contribution in [3.63, 3.8) is 0 Å². The van der Waals surface area contributed by atoms with E-state index < -0.39 is 0 Å². The monoisotopic (exact) mass is 226 g/mol. The van der Waals surface area contributed by atoms with E-state index in [1.807, 2.05) is 24.5 Å². The van der Waals surface area contributed by atoms with E-state index in [4.69, 9.17) is 0 Å². The van der Waals surface area contributed by atoms with Crippen molar-refractivity contribution in [3.05, 3.63) is 48.7 Å². The Morgan fingerprint density at radius 1 is 1.12 bits per heavy atom. The Morgan fingerprint density at radius 2 is 2.12 bits per heavy atom. The minimum absolute atomic E-state index is 0.341. The van der Waals surface area contributed by atoms with Crippen LogP contribution in [0.2, 0.25) is 0 Å². The molecule has 0 saturated carbocycles. The second-order valence-electron chi connectivity index (χ2n) is 4.17. The summed E-state index contributed by atoms with van der Waals surface area (Å²) in [6, 6.07) is 6.41. The number of rotatable bonds is 2. The maximum absolute atomic E-state index is 4.45. The predicted molar refractivity (Wildman–Crippen MR) is 65.6 cm³/mol. The molecule has 4 nitrogen and oxygen atoms in total. The molecule has 1 saturated heterocycles. The highest BCUT2D eigenvalue weighted by atomic mass is 15.2. The van der Waals surface area contributed by atoms with Crippen molar-refractivity contribution in [2.45, 2.75) is 18.9 Å². The van der Waals surface area contributed by atoms with Gasteiger partial charge in [-0.3, -0.25) is 9.97 Å². The van der Waals surface area contributed by atoms with Crippen LogP contribution in [0.15, 0.2) is 43.0 Å². The molecule has 1 aliphatic rings. The summed E-state index contributed by atoms with van der Waals surface area (Å²) < 4.78 is 0. The van der Waals surface area contributed by atoms with E-state index in [2.05, 4.69) is 25.9 Å². The average Bonchev–Trinajstić information content (AvgIpc) is 2.90. The SMILES string of the molecule is c1ccc(C2CCCN2c2cnccn2)nc1. The molecule has 0 aromatic carbocycles. The molecule has 0 aliphatic carbocycles. The quantitative estimate of drug-likeness (QED) is 0.787. The van der Waals surface area contributed by atoms with Gasteiger partial charge in [0.2, 0.25) is 0 Å². The molecule has 0 spiro atoms. The van der Waals surface area contributed by atoms with E-state index in [1.165, 1.54) is 6.42 Å². The van der Waals surface area contributed by atoms with Crippen LogP contribution in [0.3, 0.4) is 0 Å². The molecule has 1 aliphatic heterocycles. The van der Waals surface area contributed by atoms with Crippen LogP contribution in [0.1, 0.15) is 24.6 Å². The van der Waals surface area contributed by atoms with Gasteiger partial charge in [0.05, 0.1) is 17.9 Å². The summed E-state index contributed by atoms with van der Waals surface area (Å²) in [6.45, 7) is 1.03. The van der Waals surface area contributed by atoms with Gasteiger partial charge in [0, 0.05) is 25.1 Å². The zero-order valence-electron chi connectivity index (χ0n) is 9.53. The standard InChI is InChI=1S/C13H14N4/c1-2-6-15-11(4-1)12-5-3-9-17(12)13-10-14-7-8-16-13/h1-2,4,6-8,10,12H,3,5,9H2. The molecule has 0 radical (unpaired) electrons. The summed E-state index contributed by atoms with van der Waals surface area (Å²) >= 11 is 0. The van der Waals surface area contributed by atoms with Gasteiger partial charge in [-0.25, -0.2) is 4.98 Å². The van der Waals surface area contributed by atoms with E-state index in [0.29, 0.717) is 6.04 Å². The number of anilines is 1. The van der Waals surface area contributed by atoms with Crippen LogP contribution >= 0.6 is 0 Å². The molecule has 1 atom stereocenters. The van der Waals surface area contributed by atoms with Gasteiger partial charge in [-0.1, -0.05) is 6.07 Å². The van der Waals surface area contributed by atoms with Crippen molar-refractivity contribution in [1.82, 2.24) is 15.0 Å².